The van der Waals surface area contributed by atoms with Crippen molar-refractivity contribution in [2.75, 3.05) is 6.61 Å². The first kappa shape index (κ1) is 12.7. The van der Waals surface area contributed by atoms with Crippen LogP contribution in [0.4, 0.5) is 13.2 Å². The molecule has 3 nitrogen and oxygen atoms in total. The summed E-state index contributed by atoms with van der Waals surface area (Å²) in [4.78, 5) is 3.88. The highest BCUT2D eigenvalue weighted by atomic mass is 19.4. The molecule has 0 aromatic carbocycles. The number of hydrogen-bond acceptors (Lipinski definition) is 3. The number of nitriles is 1. The Balaban J connectivity index is 2.21. The van der Waals surface area contributed by atoms with Crippen molar-refractivity contribution in [1.82, 2.24) is 4.98 Å². The largest absolute Gasteiger partial charge is 0.484 e. The minimum atomic E-state index is -4.38. The molecule has 0 saturated heterocycles. The molecule has 1 aliphatic carbocycles. The standard InChI is InChI=1S/C12H11F3N2O/c13-12(14,15)7-18-11-4-9(5-16)17-6-10(11)8-2-1-3-8/h4,6,8H,1-3,7H2. The monoisotopic (exact) mass is 256 g/mol. The number of aromatic nitrogens is 1. The lowest BCUT2D eigenvalue weighted by molar-refractivity contribution is -0.153. The number of rotatable bonds is 3. The summed E-state index contributed by atoms with van der Waals surface area (Å²) in [6.45, 7) is -1.35. The summed E-state index contributed by atoms with van der Waals surface area (Å²) >= 11 is 0. The van der Waals surface area contributed by atoms with Gasteiger partial charge in [-0.3, -0.25) is 0 Å². The van der Waals surface area contributed by atoms with Gasteiger partial charge in [0.05, 0.1) is 0 Å². The maximum absolute atomic E-state index is 12.1. The molecule has 1 fully saturated rings. The zero-order valence-electron chi connectivity index (χ0n) is 9.50. The van der Waals surface area contributed by atoms with Gasteiger partial charge in [-0.2, -0.15) is 18.4 Å². The van der Waals surface area contributed by atoms with Crippen molar-refractivity contribution >= 4 is 0 Å². The quantitative estimate of drug-likeness (QED) is 0.834. The van der Waals surface area contributed by atoms with E-state index in [0.29, 0.717) is 5.56 Å². The molecule has 0 radical (unpaired) electrons. The minimum Gasteiger partial charge on any atom is -0.484 e. The first-order valence-electron chi connectivity index (χ1n) is 5.59. The third kappa shape index (κ3) is 2.92. The van der Waals surface area contributed by atoms with Crippen LogP contribution in [0.3, 0.4) is 0 Å². The highest BCUT2D eigenvalue weighted by molar-refractivity contribution is 5.40. The number of ether oxygens (including phenoxy) is 1. The lowest BCUT2D eigenvalue weighted by Gasteiger charge is -2.27. The van der Waals surface area contributed by atoms with Gasteiger partial charge < -0.3 is 4.74 Å². The van der Waals surface area contributed by atoms with E-state index in [0.717, 1.165) is 19.3 Å². The fourth-order valence-corrected chi connectivity index (χ4v) is 1.82. The van der Waals surface area contributed by atoms with Crippen LogP contribution in [0.2, 0.25) is 0 Å². The second kappa shape index (κ2) is 4.84. The molecular formula is C12H11F3N2O. The van der Waals surface area contributed by atoms with E-state index in [4.69, 9.17) is 10.00 Å². The summed E-state index contributed by atoms with van der Waals surface area (Å²) in [6, 6.07) is 3.07. The fourth-order valence-electron chi connectivity index (χ4n) is 1.82. The van der Waals surface area contributed by atoms with Gasteiger partial charge in [0, 0.05) is 17.8 Å². The summed E-state index contributed by atoms with van der Waals surface area (Å²) in [5.41, 5.74) is 0.736. The Bertz CT molecular complexity index is 475. The number of alkyl halides is 3. The van der Waals surface area contributed by atoms with Crippen molar-refractivity contribution < 1.29 is 17.9 Å². The molecule has 0 N–H and O–H groups in total. The van der Waals surface area contributed by atoms with Crippen molar-refractivity contribution in [2.24, 2.45) is 0 Å². The average Bonchev–Trinajstić information content (AvgIpc) is 2.24. The number of pyridine rings is 1. The molecule has 1 aromatic rings. The van der Waals surface area contributed by atoms with E-state index in [1.165, 1.54) is 12.3 Å². The van der Waals surface area contributed by atoms with Crippen molar-refractivity contribution in [3.8, 4) is 11.8 Å². The van der Waals surface area contributed by atoms with E-state index in [1.807, 2.05) is 0 Å². The molecule has 1 aromatic heterocycles. The van der Waals surface area contributed by atoms with Crippen LogP contribution in [-0.4, -0.2) is 17.8 Å². The molecule has 0 bridgehead atoms. The Morgan fingerprint density at radius 2 is 2.17 bits per heavy atom. The average molecular weight is 256 g/mol. The molecule has 6 heteroatoms. The van der Waals surface area contributed by atoms with Gasteiger partial charge in [-0.25, -0.2) is 4.98 Å². The molecule has 0 unspecified atom stereocenters. The van der Waals surface area contributed by atoms with E-state index in [2.05, 4.69) is 4.98 Å². The predicted octanol–water partition coefficient (Wildman–Crippen LogP) is 3.16. The first-order valence-corrected chi connectivity index (χ1v) is 5.59. The molecule has 18 heavy (non-hydrogen) atoms. The lowest BCUT2D eigenvalue weighted by Crippen LogP contribution is -2.21. The van der Waals surface area contributed by atoms with Crippen LogP contribution >= 0.6 is 0 Å². The SMILES string of the molecule is N#Cc1cc(OCC(F)(F)F)c(C2CCC2)cn1. The molecule has 0 aliphatic heterocycles. The maximum atomic E-state index is 12.1. The lowest BCUT2D eigenvalue weighted by atomic mass is 9.80. The minimum absolute atomic E-state index is 0.0650. The fraction of sp³-hybridized carbons (Fsp3) is 0.500. The van der Waals surface area contributed by atoms with E-state index < -0.39 is 12.8 Å². The van der Waals surface area contributed by atoms with Crippen LogP contribution < -0.4 is 4.74 Å². The molecule has 1 heterocycles. The zero-order valence-corrected chi connectivity index (χ0v) is 9.50. The third-order valence-electron chi connectivity index (χ3n) is 2.95. The summed E-state index contributed by atoms with van der Waals surface area (Å²) in [6.07, 6.45) is -0.0175. The van der Waals surface area contributed by atoms with Crippen molar-refractivity contribution in [3.05, 3.63) is 23.5 Å². The summed E-state index contributed by atoms with van der Waals surface area (Å²) in [5, 5.41) is 8.70. The van der Waals surface area contributed by atoms with Crippen LogP contribution in [0.1, 0.15) is 36.4 Å². The Kier molecular flexibility index (Phi) is 3.41. The van der Waals surface area contributed by atoms with Crippen LogP contribution in [0.15, 0.2) is 12.3 Å². The van der Waals surface area contributed by atoms with Crippen LogP contribution in [-0.2, 0) is 0 Å². The first-order chi connectivity index (χ1) is 8.49. The molecule has 2 rings (SSSR count). The zero-order chi connectivity index (χ0) is 13.2. The maximum Gasteiger partial charge on any atom is 0.422 e. The Labute approximate surface area is 102 Å². The predicted molar refractivity (Wildman–Crippen MR) is 57.1 cm³/mol. The molecular weight excluding hydrogens is 245 g/mol. The van der Waals surface area contributed by atoms with E-state index in [9.17, 15) is 13.2 Å². The highest BCUT2D eigenvalue weighted by Gasteiger charge is 2.30. The van der Waals surface area contributed by atoms with E-state index in [1.54, 1.807) is 6.07 Å². The number of halogens is 3. The molecule has 96 valence electrons. The summed E-state index contributed by atoms with van der Waals surface area (Å²) < 4.78 is 41.2. The van der Waals surface area contributed by atoms with Gasteiger partial charge >= 0.3 is 6.18 Å². The van der Waals surface area contributed by atoms with Gasteiger partial charge in [0.1, 0.15) is 17.5 Å². The van der Waals surface area contributed by atoms with Gasteiger partial charge in [0.2, 0.25) is 0 Å². The number of nitrogens with zero attached hydrogens (tertiary/aromatic N) is 2. The Morgan fingerprint density at radius 3 is 2.67 bits per heavy atom. The van der Waals surface area contributed by atoms with Gasteiger partial charge in [-0.15, -0.1) is 0 Å². The summed E-state index contributed by atoms with van der Waals surface area (Å²) in [5.74, 6) is 0.331. The van der Waals surface area contributed by atoms with Crippen molar-refractivity contribution in [3.63, 3.8) is 0 Å². The van der Waals surface area contributed by atoms with E-state index in [-0.39, 0.29) is 17.4 Å². The summed E-state index contributed by atoms with van der Waals surface area (Å²) in [7, 11) is 0. The Hall–Kier alpha value is -1.77. The Morgan fingerprint density at radius 1 is 1.44 bits per heavy atom. The molecule has 1 saturated carbocycles. The molecule has 1 aliphatic rings. The molecule has 0 amide bonds. The van der Waals surface area contributed by atoms with Gasteiger partial charge in [-0.1, -0.05) is 6.42 Å². The number of hydrogen-bond donors (Lipinski definition) is 0. The second-order valence-electron chi connectivity index (χ2n) is 4.25. The van der Waals surface area contributed by atoms with E-state index >= 15 is 0 Å². The second-order valence-corrected chi connectivity index (χ2v) is 4.25. The van der Waals surface area contributed by atoms with Gasteiger partial charge in [0.25, 0.3) is 0 Å². The normalized spacial score (nSPS) is 15.9. The van der Waals surface area contributed by atoms with Gasteiger partial charge in [0.15, 0.2) is 6.61 Å². The van der Waals surface area contributed by atoms with Crippen LogP contribution in [0.25, 0.3) is 0 Å². The van der Waals surface area contributed by atoms with Crippen LogP contribution in [0, 0.1) is 11.3 Å². The molecule has 0 spiro atoms. The topological polar surface area (TPSA) is 45.9 Å². The van der Waals surface area contributed by atoms with Crippen molar-refractivity contribution in [2.45, 2.75) is 31.4 Å². The third-order valence-corrected chi connectivity index (χ3v) is 2.95. The van der Waals surface area contributed by atoms with Crippen molar-refractivity contribution in [1.29, 1.82) is 5.26 Å². The van der Waals surface area contributed by atoms with Crippen LogP contribution in [0.5, 0.6) is 5.75 Å². The smallest absolute Gasteiger partial charge is 0.422 e. The van der Waals surface area contributed by atoms with Gasteiger partial charge in [-0.05, 0) is 18.8 Å². The highest BCUT2D eigenvalue weighted by Crippen LogP contribution is 2.40. The molecule has 0 atom stereocenters.